The fourth-order valence-electron chi connectivity index (χ4n) is 4.09. The van der Waals surface area contributed by atoms with Gasteiger partial charge in [0.05, 0.1) is 11.6 Å². The molecule has 5 heteroatoms. The zero-order valence-electron chi connectivity index (χ0n) is 16.4. The van der Waals surface area contributed by atoms with Crippen LogP contribution in [0.25, 0.3) is 0 Å². The normalized spacial score (nSPS) is 23.2. The average molecular weight is 365 g/mol. The zero-order valence-corrected chi connectivity index (χ0v) is 16.4. The van der Waals surface area contributed by atoms with Crippen LogP contribution in [0, 0.1) is 6.92 Å². The Morgan fingerprint density at radius 1 is 1.22 bits per heavy atom. The van der Waals surface area contributed by atoms with Gasteiger partial charge in [-0.05, 0) is 57.4 Å². The molecule has 5 nitrogen and oxygen atoms in total. The molecule has 2 aromatic rings. The van der Waals surface area contributed by atoms with Gasteiger partial charge in [-0.1, -0.05) is 30.3 Å². The third-order valence-electron chi connectivity index (χ3n) is 5.36. The first-order chi connectivity index (χ1) is 12.8. The van der Waals surface area contributed by atoms with E-state index < -0.39 is 11.6 Å². The maximum absolute atomic E-state index is 12.5. The zero-order chi connectivity index (χ0) is 19.7. The predicted octanol–water partition coefficient (Wildman–Crippen LogP) is 3.34. The van der Waals surface area contributed by atoms with Crippen LogP contribution in [0.15, 0.2) is 48.7 Å². The fourth-order valence-corrected chi connectivity index (χ4v) is 4.09. The second kappa shape index (κ2) is 7.24. The molecule has 142 valence electrons. The molecule has 0 saturated carbocycles. The lowest BCUT2D eigenvalue weighted by Gasteiger charge is -2.37. The first-order valence-corrected chi connectivity index (χ1v) is 9.28. The SMILES string of the molecule is Cc1ccccc1C1(Nc2ccccn2)CC(C(=O)C=O)N(C(C)(C)C)C1. The second-order valence-electron chi connectivity index (χ2n) is 8.28. The Hall–Kier alpha value is -2.53. The second-order valence-corrected chi connectivity index (χ2v) is 8.28. The fraction of sp³-hybridized carbons (Fsp3) is 0.409. The number of aryl methyl sites for hydroxylation is 1. The Bertz CT molecular complexity index is 829. The van der Waals surface area contributed by atoms with E-state index in [4.69, 9.17) is 0 Å². The summed E-state index contributed by atoms with van der Waals surface area (Å²) in [4.78, 5) is 30.4. The number of Topliss-reactive ketones (excluding diaryl/α,β-unsaturated/α-hetero) is 1. The number of rotatable bonds is 5. The van der Waals surface area contributed by atoms with Crippen LogP contribution in [0.5, 0.6) is 0 Å². The number of likely N-dealkylation sites (tertiary alicyclic amines) is 1. The number of carbonyl (C=O) groups is 2. The molecule has 0 bridgehead atoms. The quantitative estimate of drug-likeness (QED) is 0.650. The highest BCUT2D eigenvalue weighted by Crippen LogP contribution is 2.42. The number of ketones is 1. The van der Waals surface area contributed by atoms with E-state index in [1.54, 1.807) is 6.20 Å². The standard InChI is InChI=1S/C22H27N3O2/c1-16-9-5-6-10-17(16)22(24-20-11-7-8-12-23-20)13-18(19(27)14-26)25(15-22)21(2,3)4/h5-12,14,18H,13,15H2,1-4H3,(H,23,24). The van der Waals surface area contributed by atoms with Crippen LogP contribution in [-0.4, -0.2) is 40.1 Å². The van der Waals surface area contributed by atoms with Crippen LogP contribution in [0.1, 0.15) is 38.3 Å². The van der Waals surface area contributed by atoms with E-state index in [9.17, 15) is 9.59 Å². The highest BCUT2D eigenvalue weighted by molar-refractivity contribution is 6.27. The monoisotopic (exact) mass is 365 g/mol. The molecule has 1 aromatic carbocycles. The Morgan fingerprint density at radius 3 is 2.52 bits per heavy atom. The molecule has 1 aliphatic rings. The summed E-state index contributed by atoms with van der Waals surface area (Å²) in [7, 11) is 0. The number of nitrogens with zero attached hydrogens (tertiary/aromatic N) is 2. The van der Waals surface area contributed by atoms with Crippen molar-refractivity contribution in [2.45, 2.75) is 51.2 Å². The molecule has 1 N–H and O–H groups in total. The Kier molecular flexibility index (Phi) is 5.16. The summed E-state index contributed by atoms with van der Waals surface area (Å²) < 4.78 is 0. The third-order valence-corrected chi connectivity index (χ3v) is 5.36. The van der Waals surface area contributed by atoms with Crippen LogP contribution in [0.4, 0.5) is 5.82 Å². The maximum Gasteiger partial charge on any atom is 0.212 e. The number of carbonyl (C=O) groups excluding carboxylic acids is 2. The van der Waals surface area contributed by atoms with Crippen molar-refractivity contribution >= 4 is 17.9 Å². The van der Waals surface area contributed by atoms with Crippen molar-refractivity contribution in [3.8, 4) is 0 Å². The molecule has 1 fully saturated rings. The summed E-state index contributed by atoms with van der Waals surface area (Å²) in [6.45, 7) is 8.92. The van der Waals surface area contributed by atoms with Gasteiger partial charge in [0.15, 0.2) is 6.29 Å². The van der Waals surface area contributed by atoms with E-state index in [2.05, 4.69) is 55.0 Å². The number of hydrogen-bond acceptors (Lipinski definition) is 5. The summed E-state index contributed by atoms with van der Waals surface area (Å²) in [5, 5.41) is 3.60. The van der Waals surface area contributed by atoms with Gasteiger partial charge in [0.1, 0.15) is 5.82 Å². The van der Waals surface area contributed by atoms with Crippen molar-refractivity contribution in [2.75, 3.05) is 11.9 Å². The lowest BCUT2D eigenvalue weighted by molar-refractivity contribution is -0.133. The maximum atomic E-state index is 12.5. The summed E-state index contributed by atoms with van der Waals surface area (Å²) in [6.07, 6.45) is 2.72. The third kappa shape index (κ3) is 3.78. The lowest BCUT2D eigenvalue weighted by atomic mass is 9.84. The van der Waals surface area contributed by atoms with E-state index in [0.29, 0.717) is 19.3 Å². The molecule has 3 rings (SSSR count). The molecule has 0 amide bonds. The molecule has 0 aliphatic carbocycles. The minimum Gasteiger partial charge on any atom is -0.359 e. The van der Waals surface area contributed by atoms with Gasteiger partial charge in [-0.3, -0.25) is 14.5 Å². The summed E-state index contributed by atoms with van der Waals surface area (Å²) in [5.41, 5.74) is 1.52. The van der Waals surface area contributed by atoms with Crippen molar-refractivity contribution in [3.63, 3.8) is 0 Å². The summed E-state index contributed by atoms with van der Waals surface area (Å²) in [6, 6.07) is 13.5. The predicted molar refractivity (Wildman–Crippen MR) is 107 cm³/mol. The number of nitrogens with one attached hydrogen (secondary N) is 1. The van der Waals surface area contributed by atoms with Gasteiger partial charge in [-0.2, -0.15) is 0 Å². The number of aldehydes is 1. The van der Waals surface area contributed by atoms with Gasteiger partial charge in [0, 0.05) is 18.3 Å². The molecule has 0 spiro atoms. The number of anilines is 1. The Morgan fingerprint density at radius 2 is 1.93 bits per heavy atom. The van der Waals surface area contributed by atoms with Crippen molar-refractivity contribution in [2.24, 2.45) is 0 Å². The molecular formula is C22H27N3O2. The first-order valence-electron chi connectivity index (χ1n) is 9.28. The molecule has 1 saturated heterocycles. The molecule has 1 aliphatic heterocycles. The highest BCUT2D eigenvalue weighted by Gasteiger charge is 2.51. The van der Waals surface area contributed by atoms with Crippen molar-refractivity contribution in [1.82, 2.24) is 9.88 Å². The van der Waals surface area contributed by atoms with Crippen LogP contribution < -0.4 is 5.32 Å². The van der Waals surface area contributed by atoms with Crippen molar-refractivity contribution in [1.29, 1.82) is 0 Å². The van der Waals surface area contributed by atoms with E-state index in [-0.39, 0.29) is 11.3 Å². The smallest absolute Gasteiger partial charge is 0.212 e. The lowest BCUT2D eigenvalue weighted by Crippen LogP contribution is -2.49. The number of benzene rings is 1. The average Bonchev–Trinajstić information content (AvgIpc) is 3.03. The van der Waals surface area contributed by atoms with Crippen molar-refractivity contribution < 1.29 is 9.59 Å². The molecule has 2 atom stereocenters. The number of hydrogen-bond donors (Lipinski definition) is 1. The van der Waals surface area contributed by atoms with Crippen LogP contribution in [0.2, 0.25) is 0 Å². The Balaban J connectivity index is 2.12. The van der Waals surface area contributed by atoms with E-state index in [0.717, 1.165) is 16.9 Å². The van der Waals surface area contributed by atoms with Crippen LogP contribution in [0.3, 0.4) is 0 Å². The van der Waals surface area contributed by atoms with Gasteiger partial charge in [-0.15, -0.1) is 0 Å². The van der Waals surface area contributed by atoms with E-state index in [1.165, 1.54) is 0 Å². The van der Waals surface area contributed by atoms with Gasteiger partial charge >= 0.3 is 0 Å². The number of pyridine rings is 1. The molecule has 27 heavy (non-hydrogen) atoms. The van der Waals surface area contributed by atoms with Crippen LogP contribution >= 0.6 is 0 Å². The van der Waals surface area contributed by atoms with Gasteiger partial charge in [-0.25, -0.2) is 4.98 Å². The first kappa shape index (κ1) is 19.2. The topological polar surface area (TPSA) is 62.3 Å². The van der Waals surface area contributed by atoms with Gasteiger partial charge in [0.2, 0.25) is 5.78 Å². The highest BCUT2D eigenvalue weighted by atomic mass is 16.2. The minimum absolute atomic E-state index is 0.250. The largest absolute Gasteiger partial charge is 0.359 e. The number of aromatic nitrogens is 1. The van der Waals surface area contributed by atoms with Gasteiger partial charge in [0.25, 0.3) is 0 Å². The van der Waals surface area contributed by atoms with E-state index in [1.807, 2.05) is 30.3 Å². The summed E-state index contributed by atoms with van der Waals surface area (Å²) >= 11 is 0. The molecular weight excluding hydrogens is 338 g/mol. The van der Waals surface area contributed by atoms with E-state index >= 15 is 0 Å². The van der Waals surface area contributed by atoms with Crippen LogP contribution in [-0.2, 0) is 15.1 Å². The molecule has 2 unspecified atom stereocenters. The minimum atomic E-state index is -0.504. The van der Waals surface area contributed by atoms with Gasteiger partial charge < -0.3 is 5.32 Å². The summed E-state index contributed by atoms with van der Waals surface area (Å²) in [5.74, 6) is 0.386. The Labute approximate surface area is 160 Å². The molecule has 0 radical (unpaired) electrons. The van der Waals surface area contributed by atoms with Crippen molar-refractivity contribution in [3.05, 3.63) is 59.8 Å². The molecule has 2 heterocycles. The molecule has 1 aromatic heterocycles.